The van der Waals surface area contributed by atoms with Crippen LogP contribution in [-0.2, 0) is 20.8 Å². The highest BCUT2D eigenvalue weighted by Gasteiger charge is 2.41. The van der Waals surface area contributed by atoms with Crippen LogP contribution in [0.4, 0.5) is 5.69 Å². The van der Waals surface area contributed by atoms with Gasteiger partial charge in [-0.2, -0.15) is 0 Å². The Hall–Kier alpha value is -3.21. The second kappa shape index (κ2) is 6.26. The second-order valence-electron chi connectivity index (χ2n) is 6.50. The zero-order chi connectivity index (χ0) is 18.3. The van der Waals surface area contributed by atoms with E-state index in [-0.39, 0.29) is 24.1 Å². The maximum absolute atomic E-state index is 12.9. The first-order chi connectivity index (χ1) is 12.6. The van der Waals surface area contributed by atoms with E-state index in [0.717, 1.165) is 16.8 Å². The van der Waals surface area contributed by atoms with Gasteiger partial charge in [0, 0.05) is 24.7 Å². The molecule has 5 heteroatoms. The summed E-state index contributed by atoms with van der Waals surface area (Å²) < 4.78 is 0. The van der Waals surface area contributed by atoms with Crippen molar-refractivity contribution in [3.8, 4) is 0 Å². The average molecular weight is 346 g/mol. The highest BCUT2D eigenvalue weighted by Crippen LogP contribution is 2.39. The van der Waals surface area contributed by atoms with Gasteiger partial charge in [-0.15, -0.1) is 0 Å². The summed E-state index contributed by atoms with van der Waals surface area (Å²) in [7, 11) is 1.68. The van der Waals surface area contributed by atoms with Crippen molar-refractivity contribution in [3.05, 3.63) is 71.3 Å². The van der Waals surface area contributed by atoms with Crippen LogP contribution in [0.1, 0.15) is 17.5 Å². The molecule has 0 N–H and O–H groups in total. The molecule has 130 valence electrons. The Bertz CT molecular complexity index is 947. The van der Waals surface area contributed by atoms with Gasteiger partial charge in [-0.3, -0.25) is 19.3 Å². The van der Waals surface area contributed by atoms with Crippen LogP contribution in [0.2, 0.25) is 0 Å². The van der Waals surface area contributed by atoms with Gasteiger partial charge in [-0.05, 0) is 18.1 Å². The molecule has 1 fully saturated rings. The van der Waals surface area contributed by atoms with Crippen LogP contribution in [0.25, 0.3) is 5.57 Å². The molecule has 2 aromatic carbocycles. The standard InChI is InChI=1S/C21H18N2O3/c1-22-17-10-6-5-9-15(17)19(21(22)26)16-13-18(24)23(20(16)25)12-11-14-7-3-2-4-8-14/h2-10H,11-13H2,1H3. The van der Waals surface area contributed by atoms with E-state index in [4.69, 9.17) is 0 Å². The molecule has 0 spiro atoms. The van der Waals surface area contributed by atoms with Crippen LogP contribution in [0.15, 0.2) is 60.2 Å². The Morgan fingerprint density at radius 2 is 1.58 bits per heavy atom. The van der Waals surface area contributed by atoms with E-state index >= 15 is 0 Å². The van der Waals surface area contributed by atoms with Crippen LogP contribution >= 0.6 is 0 Å². The van der Waals surface area contributed by atoms with Crippen molar-refractivity contribution < 1.29 is 14.4 Å². The molecular formula is C21H18N2O3. The number of likely N-dealkylation sites (N-methyl/N-ethyl adjacent to an activating group) is 1. The average Bonchev–Trinajstić information content (AvgIpc) is 3.08. The minimum Gasteiger partial charge on any atom is -0.311 e. The molecule has 0 atom stereocenters. The van der Waals surface area contributed by atoms with Crippen LogP contribution in [0, 0.1) is 0 Å². The first-order valence-corrected chi connectivity index (χ1v) is 8.57. The Balaban J connectivity index is 1.65. The number of hydrogen-bond donors (Lipinski definition) is 0. The van der Waals surface area contributed by atoms with Crippen molar-refractivity contribution in [2.75, 3.05) is 18.5 Å². The fourth-order valence-electron chi connectivity index (χ4n) is 3.57. The van der Waals surface area contributed by atoms with Crippen LogP contribution in [0.3, 0.4) is 0 Å². The normalized spacial score (nSPS) is 19.5. The Morgan fingerprint density at radius 3 is 2.35 bits per heavy atom. The summed E-state index contributed by atoms with van der Waals surface area (Å²) in [5, 5.41) is 0. The largest absolute Gasteiger partial charge is 0.311 e. The Kier molecular flexibility index (Phi) is 3.92. The van der Waals surface area contributed by atoms with E-state index in [2.05, 4.69) is 0 Å². The van der Waals surface area contributed by atoms with Gasteiger partial charge in [0.2, 0.25) is 5.91 Å². The van der Waals surface area contributed by atoms with E-state index in [9.17, 15) is 14.4 Å². The van der Waals surface area contributed by atoms with E-state index in [1.165, 1.54) is 9.80 Å². The summed E-state index contributed by atoms with van der Waals surface area (Å²) in [4.78, 5) is 40.8. The Labute approximate surface area is 151 Å². The van der Waals surface area contributed by atoms with E-state index in [1.54, 1.807) is 7.05 Å². The van der Waals surface area contributed by atoms with Gasteiger partial charge in [0.05, 0.1) is 17.7 Å². The lowest BCUT2D eigenvalue weighted by molar-refractivity contribution is -0.137. The molecule has 3 amide bonds. The fourth-order valence-corrected chi connectivity index (χ4v) is 3.57. The monoisotopic (exact) mass is 346 g/mol. The summed E-state index contributed by atoms with van der Waals surface area (Å²) in [5.74, 6) is -0.820. The zero-order valence-corrected chi connectivity index (χ0v) is 14.4. The highest BCUT2D eigenvalue weighted by atomic mass is 16.2. The molecule has 0 bridgehead atoms. The molecule has 0 radical (unpaired) electrons. The minimum atomic E-state index is -0.348. The van der Waals surface area contributed by atoms with Crippen molar-refractivity contribution in [2.45, 2.75) is 12.8 Å². The first kappa shape index (κ1) is 16.3. The molecule has 0 aliphatic carbocycles. The number of para-hydroxylation sites is 1. The summed E-state index contributed by atoms with van der Waals surface area (Å²) in [6.45, 7) is 0.324. The van der Waals surface area contributed by atoms with Crippen molar-refractivity contribution in [1.29, 1.82) is 0 Å². The van der Waals surface area contributed by atoms with Crippen LogP contribution in [0.5, 0.6) is 0 Å². The second-order valence-corrected chi connectivity index (χ2v) is 6.50. The number of likely N-dealkylation sites (tertiary alicyclic amines) is 1. The van der Waals surface area contributed by atoms with Crippen LogP contribution < -0.4 is 4.90 Å². The topological polar surface area (TPSA) is 57.7 Å². The first-order valence-electron chi connectivity index (χ1n) is 8.57. The summed E-state index contributed by atoms with van der Waals surface area (Å²) in [6.07, 6.45) is 0.586. The highest BCUT2D eigenvalue weighted by molar-refractivity contribution is 6.38. The van der Waals surface area contributed by atoms with E-state index in [1.807, 2.05) is 54.6 Å². The molecule has 2 aliphatic heterocycles. The summed E-state index contributed by atoms with van der Waals surface area (Å²) >= 11 is 0. The molecule has 2 aliphatic rings. The van der Waals surface area contributed by atoms with Gasteiger partial charge in [-0.1, -0.05) is 48.5 Å². The molecule has 2 aromatic rings. The lowest BCUT2D eigenvalue weighted by Crippen LogP contribution is -2.31. The number of anilines is 1. The smallest absolute Gasteiger partial charge is 0.259 e. The van der Waals surface area contributed by atoms with Crippen molar-refractivity contribution in [3.63, 3.8) is 0 Å². The number of carbonyl (C=O) groups is 3. The van der Waals surface area contributed by atoms with Gasteiger partial charge < -0.3 is 4.90 Å². The molecule has 5 nitrogen and oxygen atoms in total. The third-order valence-electron chi connectivity index (χ3n) is 4.95. The van der Waals surface area contributed by atoms with Crippen molar-refractivity contribution in [1.82, 2.24) is 4.90 Å². The number of amides is 3. The molecule has 4 rings (SSSR count). The molecule has 0 unspecified atom stereocenters. The summed E-state index contributed by atoms with van der Waals surface area (Å²) in [5.41, 5.74) is 3.23. The van der Waals surface area contributed by atoms with Gasteiger partial charge in [0.1, 0.15) is 0 Å². The van der Waals surface area contributed by atoms with Crippen LogP contribution in [-0.4, -0.2) is 36.2 Å². The number of rotatable bonds is 3. The quantitative estimate of drug-likeness (QED) is 0.633. The Morgan fingerprint density at radius 1 is 0.885 bits per heavy atom. The van der Waals surface area contributed by atoms with E-state index < -0.39 is 0 Å². The predicted octanol–water partition coefficient (Wildman–Crippen LogP) is 2.42. The maximum atomic E-state index is 12.9. The number of hydrogen-bond acceptors (Lipinski definition) is 3. The lowest BCUT2D eigenvalue weighted by Gasteiger charge is -2.13. The molecule has 0 aromatic heterocycles. The molecule has 26 heavy (non-hydrogen) atoms. The summed E-state index contributed by atoms with van der Waals surface area (Å²) in [6, 6.07) is 17.1. The van der Waals surface area contributed by atoms with Gasteiger partial charge in [0.15, 0.2) is 0 Å². The number of benzene rings is 2. The van der Waals surface area contributed by atoms with E-state index in [0.29, 0.717) is 24.1 Å². The van der Waals surface area contributed by atoms with Gasteiger partial charge >= 0.3 is 0 Å². The molecule has 2 heterocycles. The number of fused-ring (bicyclic) bond motifs is 1. The zero-order valence-electron chi connectivity index (χ0n) is 14.4. The fraction of sp³-hybridized carbons (Fsp3) is 0.190. The van der Waals surface area contributed by atoms with Crippen molar-refractivity contribution >= 4 is 29.0 Å². The third-order valence-corrected chi connectivity index (χ3v) is 4.95. The maximum Gasteiger partial charge on any atom is 0.259 e. The third kappa shape index (κ3) is 2.52. The van der Waals surface area contributed by atoms with Gasteiger partial charge in [0.25, 0.3) is 11.8 Å². The van der Waals surface area contributed by atoms with Gasteiger partial charge in [-0.25, -0.2) is 0 Å². The molecule has 1 saturated heterocycles. The number of nitrogens with zero attached hydrogens (tertiary/aromatic N) is 2. The SMILES string of the molecule is CN1C(=O)C(=C2CC(=O)N(CCc3ccccc3)C2=O)c2ccccc21. The number of carbonyl (C=O) groups excluding carboxylic acids is 3. The molecular weight excluding hydrogens is 328 g/mol. The van der Waals surface area contributed by atoms with Crippen molar-refractivity contribution in [2.24, 2.45) is 0 Å². The number of imide groups is 1. The molecule has 0 saturated carbocycles. The minimum absolute atomic E-state index is 0.0170. The lowest BCUT2D eigenvalue weighted by atomic mass is 10.00. The predicted molar refractivity (Wildman–Crippen MR) is 98.3 cm³/mol.